The quantitative estimate of drug-likeness (QED) is 0.406. The minimum absolute atomic E-state index is 0.257. The summed E-state index contributed by atoms with van der Waals surface area (Å²) in [4.78, 5) is 5.80. The Morgan fingerprint density at radius 2 is 1.78 bits per heavy atom. The van der Waals surface area contributed by atoms with Crippen molar-refractivity contribution in [2.24, 2.45) is 4.99 Å². The first-order chi connectivity index (χ1) is 15.7. The maximum Gasteiger partial charge on any atom is 0.231 e. The average molecular weight is 447 g/mol. The molecule has 0 amide bonds. The number of hydrogen-bond donors (Lipinski definition) is 0. The lowest BCUT2D eigenvalue weighted by molar-refractivity contribution is 0.174. The largest absolute Gasteiger partial charge is 0.497 e. The summed E-state index contributed by atoms with van der Waals surface area (Å²) in [5.74, 6) is 3.03. The number of benzene rings is 3. The fourth-order valence-electron chi connectivity index (χ4n) is 3.63. The van der Waals surface area contributed by atoms with Crippen molar-refractivity contribution >= 4 is 17.0 Å². The Kier molecular flexibility index (Phi) is 5.56. The first-order valence-corrected chi connectivity index (χ1v) is 11.0. The second-order valence-electron chi connectivity index (χ2n) is 7.19. The van der Waals surface area contributed by atoms with Gasteiger partial charge in [0, 0.05) is 17.0 Å². The van der Waals surface area contributed by atoms with Crippen molar-refractivity contribution in [3.8, 4) is 34.3 Å². The number of ether oxygens (including phenoxy) is 4. The summed E-state index contributed by atoms with van der Waals surface area (Å²) in [5, 5.41) is 2.11. The second-order valence-corrected chi connectivity index (χ2v) is 8.03. The highest BCUT2D eigenvalue weighted by molar-refractivity contribution is 7.07. The molecule has 162 valence electrons. The molecule has 7 heteroatoms. The molecule has 5 rings (SSSR count). The van der Waals surface area contributed by atoms with Crippen molar-refractivity contribution < 1.29 is 18.9 Å². The summed E-state index contributed by atoms with van der Waals surface area (Å²) in [5.41, 5.74) is 3.99. The highest BCUT2D eigenvalue weighted by Gasteiger charge is 2.17. The molecule has 2 heterocycles. The third-order valence-corrected chi connectivity index (χ3v) is 6.10. The van der Waals surface area contributed by atoms with Crippen LogP contribution in [0, 0.1) is 0 Å². The van der Waals surface area contributed by atoms with E-state index in [1.807, 2.05) is 60.7 Å². The van der Waals surface area contributed by atoms with Crippen LogP contribution < -0.4 is 23.7 Å². The zero-order valence-corrected chi connectivity index (χ0v) is 18.6. The van der Waals surface area contributed by atoms with Gasteiger partial charge in [-0.3, -0.25) is 0 Å². The SMILES string of the molecule is COc1ccc(-c2csc(=Nc3ccccc3)n2Cc2ccc3c(c2)OCO3)c(OC)c1. The van der Waals surface area contributed by atoms with E-state index in [1.54, 1.807) is 25.6 Å². The number of methoxy groups -OCH3 is 2. The number of hydrogen-bond acceptors (Lipinski definition) is 6. The zero-order valence-electron chi connectivity index (χ0n) is 17.8. The van der Waals surface area contributed by atoms with Gasteiger partial charge in [0.1, 0.15) is 11.5 Å². The summed E-state index contributed by atoms with van der Waals surface area (Å²) in [7, 11) is 3.32. The van der Waals surface area contributed by atoms with Crippen molar-refractivity contribution in [2.45, 2.75) is 6.54 Å². The summed E-state index contributed by atoms with van der Waals surface area (Å²) in [6, 6.07) is 21.8. The van der Waals surface area contributed by atoms with E-state index in [0.717, 1.165) is 50.3 Å². The summed E-state index contributed by atoms with van der Waals surface area (Å²) in [6.45, 7) is 0.879. The molecule has 6 nitrogen and oxygen atoms in total. The molecule has 32 heavy (non-hydrogen) atoms. The van der Waals surface area contributed by atoms with Crippen LogP contribution in [0.1, 0.15) is 5.56 Å². The summed E-state index contributed by atoms with van der Waals surface area (Å²) >= 11 is 1.59. The lowest BCUT2D eigenvalue weighted by Gasteiger charge is -2.14. The first kappa shape index (κ1) is 20.2. The predicted octanol–water partition coefficient (Wildman–Crippen LogP) is 5.24. The van der Waals surface area contributed by atoms with E-state index in [0.29, 0.717) is 6.54 Å². The fraction of sp³-hybridized carbons (Fsp3) is 0.160. The zero-order chi connectivity index (χ0) is 21.9. The van der Waals surface area contributed by atoms with Crippen molar-refractivity contribution in [1.29, 1.82) is 0 Å². The molecule has 0 atom stereocenters. The van der Waals surface area contributed by atoms with Crippen LogP contribution in [0.3, 0.4) is 0 Å². The van der Waals surface area contributed by atoms with Crippen LogP contribution in [0.15, 0.2) is 77.1 Å². The van der Waals surface area contributed by atoms with E-state index in [1.165, 1.54) is 0 Å². The average Bonchev–Trinajstić information content (AvgIpc) is 3.46. The van der Waals surface area contributed by atoms with Crippen LogP contribution in [0.4, 0.5) is 5.69 Å². The van der Waals surface area contributed by atoms with Gasteiger partial charge in [-0.2, -0.15) is 0 Å². The Morgan fingerprint density at radius 1 is 0.938 bits per heavy atom. The lowest BCUT2D eigenvalue weighted by atomic mass is 10.1. The molecule has 0 bridgehead atoms. The normalized spacial score (nSPS) is 12.8. The molecule has 1 aliphatic heterocycles. The van der Waals surface area contributed by atoms with Gasteiger partial charge in [-0.25, -0.2) is 4.99 Å². The van der Waals surface area contributed by atoms with E-state index in [9.17, 15) is 0 Å². The van der Waals surface area contributed by atoms with E-state index < -0.39 is 0 Å². The fourth-order valence-corrected chi connectivity index (χ4v) is 4.55. The maximum atomic E-state index is 5.68. The molecule has 4 aromatic rings. The minimum Gasteiger partial charge on any atom is -0.497 e. The second kappa shape index (κ2) is 8.80. The molecule has 0 saturated heterocycles. The number of thiazole rings is 1. The smallest absolute Gasteiger partial charge is 0.231 e. The molecule has 0 unspecified atom stereocenters. The highest BCUT2D eigenvalue weighted by atomic mass is 32.1. The van der Waals surface area contributed by atoms with Gasteiger partial charge < -0.3 is 23.5 Å². The van der Waals surface area contributed by atoms with Crippen LogP contribution in [0.25, 0.3) is 11.3 Å². The summed E-state index contributed by atoms with van der Waals surface area (Å²) in [6.07, 6.45) is 0. The Hall–Kier alpha value is -3.71. The van der Waals surface area contributed by atoms with E-state index in [4.69, 9.17) is 23.9 Å². The van der Waals surface area contributed by atoms with E-state index in [-0.39, 0.29) is 6.79 Å². The molecule has 0 N–H and O–H groups in total. The number of para-hydroxylation sites is 1. The Balaban J connectivity index is 1.64. The maximum absolute atomic E-state index is 5.68. The third-order valence-electron chi connectivity index (χ3n) is 5.24. The van der Waals surface area contributed by atoms with Crippen molar-refractivity contribution in [3.63, 3.8) is 0 Å². The van der Waals surface area contributed by atoms with Crippen LogP contribution in [-0.2, 0) is 6.54 Å². The molecule has 0 radical (unpaired) electrons. The Morgan fingerprint density at radius 3 is 2.59 bits per heavy atom. The molecule has 0 fully saturated rings. The van der Waals surface area contributed by atoms with Gasteiger partial charge in [0.15, 0.2) is 16.3 Å². The molecule has 0 spiro atoms. The van der Waals surface area contributed by atoms with Gasteiger partial charge in [0.25, 0.3) is 0 Å². The molecule has 1 aliphatic rings. The number of fused-ring (bicyclic) bond motifs is 1. The Labute approximate surface area is 189 Å². The molecule has 1 aromatic heterocycles. The standard InChI is InChI=1S/C25H22N2O4S/c1-28-19-9-10-20(23(13-19)29-2)21-15-32-25(26-18-6-4-3-5-7-18)27(21)14-17-8-11-22-24(12-17)31-16-30-22/h3-13,15H,14,16H2,1-2H3. The van der Waals surface area contributed by atoms with Gasteiger partial charge in [-0.1, -0.05) is 24.3 Å². The van der Waals surface area contributed by atoms with Gasteiger partial charge >= 0.3 is 0 Å². The van der Waals surface area contributed by atoms with E-state index >= 15 is 0 Å². The molecular weight excluding hydrogens is 424 g/mol. The minimum atomic E-state index is 0.257. The van der Waals surface area contributed by atoms with E-state index in [2.05, 4.69) is 16.0 Å². The lowest BCUT2D eigenvalue weighted by Crippen LogP contribution is -2.17. The predicted molar refractivity (Wildman–Crippen MR) is 124 cm³/mol. The van der Waals surface area contributed by atoms with Crippen LogP contribution in [0.5, 0.6) is 23.0 Å². The van der Waals surface area contributed by atoms with Crippen LogP contribution in [0.2, 0.25) is 0 Å². The summed E-state index contributed by atoms with van der Waals surface area (Å²) < 4.78 is 24.3. The van der Waals surface area contributed by atoms with Gasteiger partial charge in [0.05, 0.1) is 32.1 Å². The molecule has 0 aliphatic carbocycles. The van der Waals surface area contributed by atoms with Gasteiger partial charge in [-0.05, 0) is 42.0 Å². The van der Waals surface area contributed by atoms with Crippen molar-refractivity contribution in [3.05, 3.63) is 82.5 Å². The monoisotopic (exact) mass is 446 g/mol. The molecule has 3 aromatic carbocycles. The van der Waals surface area contributed by atoms with Crippen LogP contribution >= 0.6 is 11.3 Å². The number of aromatic nitrogens is 1. The van der Waals surface area contributed by atoms with Crippen LogP contribution in [-0.4, -0.2) is 25.6 Å². The number of nitrogens with zero attached hydrogens (tertiary/aromatic N) is 2. The molecule has 0 saturated carbocycles. The number of rotatable bonds is 6. The molecular formula is C25H22N2O4S. The Bertz CT molecular complexity index is 1310. The third kappa shape index (κ3) is 3.94. The van der Waals surface area contributed by atoms with Gasteiger partial charge in [-0.15, -0.1) is 11.3 Å². The van der Waals surface area contributed by atoms with Gasteiger partial charge in [0.2, 0.25) is 6.79 Å². The van der Waals surface area contributed by atoms with Crippen molar-refractivity contribution in [2.75, 3.05) is 21.0 Å². The highest BCUT2D eigenvalue weighted by Crippen LogP contribution is 2.35. The topological polar surface area (TPSA) is 54.2 Å². The van der Waals surface area contributed by atoms with Crippen molar-refractivity contribution in [1.82, 2.24) is 4.57 Å². The first-order valence-electron chi connectivity index (χ1n) is 10.1.